The van der Waals surface area contributed by atoms with Crippen molar-refractivity contribution in [1.29, 1.82) is 0 Å². The molecular formula is C19H14N2S. The van der Waals surface area contributed by atoms with Crippen molar-refractivity contribution in [3.63, 3.8) is 0 Å². The van der Waals surface area contributed by atoms with Crippen LogP contribution in [0.4, 0.5) is 5.69 Å². The minimum Gasteiger partial charge on any atom is -0.227 e. The third kappa shape index (κ3) is 2.40. The van der Waals surface area contributed by atoms with Gasteiger partial charge in [-0.15, -0.1) is 0 Å². The number of aliphatic imine (C=N–C) groups is 1. The molecule has 0 aromatic heterocycles. The van der Waals surface area contributed by atoms with Gasteiger partial charge in [-0.2, -0.15) is 4.36 Å². The average Bonchev–Trinajstić information content (AvgIpc) is 2.62. The van der Waals surface area contributed by atoms with Gasteiger partial charge in [0, 0.05) is 15.4 Å². The molecular weight excluding hydrogens is 288 g/mol. The van der Waals surface area contributed by atoms with Crippen LogP contribution in [0.2, 0.25) is 0 Å². The first kappa shape index (κ1) is 13.2. The Labute approximate surface area is 132 Å². The Morgan fingerprint density at radius 3 is 2.05 bits per heavy atom. The lowest BCUT2D eigenvalue weighted by atomic mass is 10.2. The zero-order valence-corrected chi connectivity index (χ0v) is 12.7. The summed E-state index contributed by atoms with van der Waals surface area (Å²) in [7, 11) is -0.319. The van der Waals surface area contributed by atoms with Crippen molar-refractivity contribution >= 4 is 22.2 Å². The molecule has 0 saturated heterocycles. The van der Waals surface area contributed by atoms with Crippen molar-refractivity contribution in [3.05, 3.63) is 90.5 Å². The van der Waals surface area contributed by atoms with E-state index in [2.05, 4.69) is 54.6 Å². The molecule has 3 heteroatoms. The first-order valence-corrected chi connectivity index (χ1v) is 8.34. The van der Waals surface area contributed by atoms with E-state index < -0.39 is 0 Å². The molecule has 22 heavy (non-hydrogen) atoms. The topological polar surface area (TPSA) is 24.7 Å². The van der Waals surface area contributed by atoms with Gasteiger partial charge in [-0.3, -0.25) is 0 Å². The van der Waals surface area contributed by atoms with Crippen LogP contribution in [0.25, 0.3) is 0 Å². The molecule has 1 heterocycles. The van der Waals surface area contributed by atoms with Crippen molar-refractivity contribution in [1.82, 2.24) is 0 Å². The third-order valence-electron chi connectivity index (χ3n) is 3.48. The second kappa shape index (κ2) is 5.70. The van der Waals surface area contributed by atoms with E-state index in [9.17, 15) is 0 Å². The van der Waals surface area contributed by atoms with Gasteiger partial charge in [0.05, 0.1) is 5.69 Å². The van der Waals surface area contributed by atoms with Gasteiger partial charge in [-0.25, -0.2) is 4.99 Å². The maximum atomic E-state index is 4.94. The molecule has 1 unspecified atom stereocenters. The second-order valence-electron chi connectivity index (χ2n) is 4.96. The van der Waals surface area contributed by atoms with E-state index in [4.69, 9.17) is 9.36 Å². The number of nitrogens with zero attached hydrogens (tertiary/aromatic N) is 2. The Hall–Kier alpha value is -2.52. The van der Waals surface area contributed by atoms with E-state index in [0.717, 1.165) is 17.1 Å². The van der Waals surface area contributed by atoms with Crippen molar-refractivity contribution in [2.24, 2.45) is 9.36 Å². The van der Waals surface area contributed by atoms with Crippen LogP contribution in [-0.4, -0.2) is 5.84 Å². The molecule has 0 radical (unpaired) electrons. The minimum atomic E-state index is -0.319. The Bertz CT molecular complexity index is 868. The monoisotopic (exact) mass is 302 g/mol. The molecule has 0 bridgehead atoms. The summed E-state index contributed by atoms with van der Waals surface area (Å²) < 4.78 is 4.94. The van der Waals surface area contributed by atoms with E-state index >= 15 is 0 Å². The van der Waals surface area contributed by atoms with Gasteiger partial charge in [-0.1, -0.05) is 60.7 Å². The molecule has 0 spiro atoms. The normalized spacial score (nSPS) is 16.4. The molecule has 3 aromatic carbocycles. The van der Waals surface area contributed by atoms with Gasteiger partial charge in [0.1, 0.15) is 0 Å². The second-order valence-corrected chi connectivity index (χ2v) is 6.62. The summed E-state index contributed by atoms with van der Waals surface area (Å²) in [5.74, 6) is 0.812. The fourth-order valence-corrected chi connectivity index (χ4v) is 4.13. The molecule has 3 aromatic rings. The maximum Gasteiger partial charge on any atom is 0.167 e. The van der Waals surface area contributed by atoms with Crippen LogP contribution in [0, 0.1) is 0 Å². The number of benzene rings is 3. The van der Waals surface area contributed by atoms with Crippen molar-refractivity contribution in [2.45, 2.75) is 9.79 Å². The summed E-state index contributed by atoms with van der Waals surface area (Å²) in [5.41, 5.74) is 2.08. The van der Waals surface area contributed by atoms with Crippen LogP contribution >= 0.6 is 0 Å². The Morgan fingerprint density at radius 1 is 0.636 bits per heavy atom. The first-order valence-electron chi connectivity index (χ1n) is 7.16. The summed E-state index contributed by atoms with van der Waals surface area (Å²) >= 11 is 0. The number of para-hydroxylation sites is 1. The van der Waals surface area contributed by atoms with E-state index in [1.165, 1.54) is 9.79 Å². The fourth-order valence-electron chi connectivity index (χ4n) is 2.42. The van der Waals surface area contributed by atoms with Gasteiger partial charge in [0.15, 0.2) is 5.84 Å². The van der Waals surface area contributed by atoms with Crippen LogP contribution in [-0.2, 0) is 10.7 Å². The molecule has 0 saturated carbocycles. The van der Waals surface area contributed by atoms with Crippen molar-refractivity contribution in [3.8, 4) is 0 Å². The van der Waals surface area contributed by atoms with Crippen LogP contribution < -0.4 is 0 Å². The minimum absolute atomic E-state index is 0.319. The summed E-state index contributed by atoms with van der Waals surface area (Å²) in [6, 6.07) is 28.9. The van der Waals surface area contributed by atoms with Gasteiger partial charge in [-0.05, 0) is 35.0 Å². The number of amidine groups is 1. The Balaban J connectivity index is 1.93. The highest BCUT2D eigenvalue weighted by Gasteiger charge is 2.17. The lowest BCUT2D eigenvalue weighted by Gasteiger charge is -2.17. The molecule has 0 N–H and O–H groups in total. The first-order chi connectivity index (χ1) is 10.9. The highest BCUT2D eigenvalue weighted by molar-refractivity contribution is 7.88. The molecule has 0 amide bonds. The van der Waals surface area contributed by atoms with Crippen LogP contribution in [0.3, 0.4) is 0 Å². The summed E-state index contributed by atoms with van der Waals surface area (Å²) in [4.78, 5) is 7.16. The number of hydrogen-bond donors (Lipinski definition) is 0. The molecule has 1 aliphatic heterocycles. The summed E-state index contributed by atoms with van der Waals surface area (Å²) in [6.07, 6.45) is 0. The van der Waals surface area contributed by atoms with Gasteiger partial charge < -0.3 is 0 Å². The van der Waals surface area contributed by atoms with Crippen molar-refractivity contribution < 1.29 is 0 Å². The predicted molar refractivity (Wildman–Crippen MR) is 91.8 cm³/mol. The van der Waals surface area contributed by atoms with Gasteiger partial charge in [0.2, 0.25) is 0 Å². The highest BCUT2D eigenvalue weighted by atomic mass is 32.2. The number of hydrogen-bond acceptors (Lipinski definition) is 2. The number of rotatable bonds is 2. The average molecular weight is 302 g/mol. The highest BCUT2D eigenvalue weighted by Crippen LogP contribution is 2.32. The van der Waals surface area contributed by atoms with E-state index in [1.807, 2.05) is 30.3 Å². The largest absolute Gasteiger partial charge is 0.227 e. The van der Waals surface area contributed by atoms with Crippen LogP contribution in [0.1, 0.15) is 5.56 Å². The number of fused-ring (bicyclic) bond motifs is 1. The van der Waals surface area contributed by atoms with E-state index in [-0.39, 0.29) is 10.7 Å². The fraction of sp³-hybridized carbons (Fsp3) is 0. The molecule has 4 rings (SSSR count). The maximum absolute atomic E-state index is 4.94. The predicted octanol–water partition coefficient (Wildman–Crippen LogP) is 5.00. The molecule has 1 aliphatic rings. The zero-order valence-electron chi connectivity index (χ0n) is 11.9. The van der Waals surface area contributed by atoms with E-state index in [1.54, 1.807) is 0 Å². The molecule has 1 atom stereocenters. The summed E-state index contributed by atoms with van der Waals surface area (Å²) in [6.45, 7) is 0. The zero-order chi connectivity index (χ0) is 14.8. The van der Waals surface area contributed by atoms with Crippen molar-refractivity contribution in [2.75, 3.05) is 0 Å². The van der Waals surface area contributed by atoms with Crippen LogP contribution in [0.15, 0.2) is 104 Å². The summed E-state index contributed by atoms with van der Waals surface area (Å²) in [5, 5.41) is 0. The molecule has 2 nitrogen and oxygen atoms in total. The Kier molecular flexibility index (Phi) is 3.41. The standard InChI is InChI=1S/C19H14N2S/c1-3-9-15(10-4-1)19-20-17-13-7-8-14-18(17)22(21-19)16-11-5-2-6-12-16/h1-14H. The quantitative estimate of drug-likeness (QED) is 0.636. The molecule has 0 aliphatic carbocycles. The Morgan fingerprint density at radius 2 is 1.27 bits per heavy atom. The lowest BCUT2D eigenvalue weighted by Crippen LogP contribution is -2.06. The van der Waals surface area contributed by atoms with Crippen LogP contribution in [0.5, 0.6) is 0 Å². The molecule has 106 valence electrons. The SMILES string of the molecule is c1ccc(C2=Nc3ccccc3S(c3ccccc3)=N2)cc1. The smallest absolute Gasteiger partial charge is 0.167 e. The molecule has 0 fully saturated rings. The van der Waals surface area contributed by atoms with Gasteiger partial charge >= 0.3 is 0 Å². The van der Waals surface area contributed by atoms with E-state index in [0.29, 0.717) is 0 Å². The van der Waals surface area contributed by atoms with Gasteiger partial charge in [0.25, 0.3) is 0 Å². The third-order valence-corrected chi connectivity index (χ3v) is 5.31. The lowest BCUT2D eigenvalue weighted by molar-refractivity contribution is 1.30.